The van der Waals surface area contributed by atoms with Gasteiger partial charge in [0.05, 0.1) is 6.61 Å². The molecule has 0 bridgehead atoms. The molecule has 0 aromatic rings. The van der Waals surface area contributed by atoms with Crippen LogP contribution in [0.5, 0.6) is 0 Å². The van der Waals surface area contributed by atoms with Gasteiger partial charge in [0.2, 0.25) is 5.91 Å². The van der Waals surface area contributed by atoms with Crippen LogP contribution in [0.4, 0.5) is 0 Å². The summed E-state index contributed by atoms with van der Waals surface area (Å²) >= 11 is 0. The third kappa shape index (κ3) is 7.19. The van der Waals surface area contributed by atoms with Crippen LogP contribution >= 0.6 is 0 Å². The summed E-state index contributed by atoms with van der Waals surface area (Å²) in [5.74, 6) is -1.04. The molecule has 0 spiro atoms. The molecule has 1 fully saturated rings. The molecule has 16 heavy (non-hydrogen) atoms. The Balaban J connectivity index is 1.83. The van der Waals surface area contributed by atoms with E-state index in [0.29, 0.717) is 25.6 Å². The molecule has 6 heteroatoms. The Morgan fingerprint density at radius 1 is 1.31 bits per heavy atom. The molecule has 0 unspecified atom stereocenters. The molecule has 1 aliphatic rings. The zero-order valence-corrected chi connectivity index (χ0v) is 9.20. The first-order valence-electron chi connectivity index (χ1n) is 5.48. The Labute approximate surface area is 94.3 Å². The predicted octanol–water partition coefficient (Wildman–Crippen LogP) is -0.654. The zero-order valence-electron chi connectivity index (χ0n) is 9.20. The molecule has 0 saturated heterocycles. The Morgan fingerprint density at radius 3 is 2.69 bits per heavy atom. The molecule has 0 aromatic heterocycles. The molecule has 1 saturated carbocycles. The van der Waals surface area contributed by atoms with E-state index < -0.39 is 5.97 Å². The van der Waals surface area contributed by atoms with Crippen LogP contribution in [0.3, 0.4) is 0 Å². The van der Waals surface area contributed by atoms with E-state index in [1.807, 2.05) is 0 Å². The fourth-order valence-corrected chi connectivity index (χ4v) is 1.19. The first kappa shape index (κ1) is 12.9. The molecule has 0 heterocycles. The van der Waals surface area contributed by atoms with Gasteiger partial charge in [-0.1, -0.05) is 0 Å². The van der Waals surface area contributed by atoms with Crippen molar-refractivity contribution in [1.82, 2.24) is 10.6 Å². The van der Waals surface area contributed by atoms with Crippen molar-refractivity contribution >= 4 is 11.9 Å². The predicted molar refractivity (Wildman–Crippen MR) is 57.1 cm³/mol. The maximum Gasteiger partial charge on any atom is 0.329 e. The first-order chi connectivity index (χ1) is 7.68. The van der Waals surface area contributed by atoms with Crippen LogP contribution < -0.4 is 10.6 Å². The fourth-order valence-electron chi connectivity index (χ4n) is 1.19. The van der Waals surface area contributed by atoms with Crippen LogP contribution in [0, 0.1) is 0 Å². The number of hydrogen-bond donors (Lipinski definition) is 3. The average Bonchev–Trinajstić information content (AvgIpc) is 3.00. The highest BCUT2D eigenvalue weighted by atomic mass is 16.5. The molecule has 0 radical (unpaired) electrons. The summed E-state index contributed by atoms with van der Waals surface area (Å²) in [6.07, 6.45) is 2.88. The van der Waals surface area contributed by atoms with Crippen LogP contribution in [-0.2, 0) is 14.3 Å². The highest BCUT2D eigenvalue weighted by molar-refractivity contribution is 5.76. The number of carboxylic acid groups (broad SMARTS) is 1. The third-order valence-electron chi connectivity index (χ3n) is 2.16. The molecule has 6 nitrogen and oxygen atoms in total. The second-order valence-corrected chi connectivity index (χ2v) is 3.77. The highest BCUT2D eigenvalue weighted by Gasteiger charge is 2.19. The van der Waals surface area contributed by atoms with Gasteiger partial charge in [-0.25, -0.2) is 4.79 Å². The van der Waals surface area contributed by atoms with E-state index in [1.165, 1.54) is 12.8 Å². The van der Waals surface area contributed by atoms with Crippen molar-refractivity contribution in [2.45, 2.75) is 25.3 Å². The number of nitrogens with one attached hydrogen (secondary N) is 2. The summed E-state index contributed by atoms with van der Waals surface area (Å²) in [7, 11) is 0. The van der Waals surface area contributed by atoms with Gasteiger partial charge < -0.3 is 20.5 Å². The molecule has 3 N–H and O–H groups in total. The van der Waals surface area contributed by atoms with Gasteiger partial charge >= 0.3 is 5.97 Å². The van der Waals surface area contributed by atoms with Gasteiger partial charge in [0.15, 0.2) is 0 Å². The smallest absolute Gasteiger partial charge is 0.329 e. The summed E-state index contributed by atoms with van der Waals surface area (Å²) in [6.45, 7) is 0.967. The minimum Gasteiger partial charge on any atom is -0.480 e. The fraction of sp³-hybridized carbons (Fsp3) is 0.800. The number of rotatable bonds is 9. The van der Waals surface area contributed by atoms with Crippen LogP contribution in [0.2, 0.25) is 0 Å². The van der Waals surface area contributed by atoms with Crippen molar-refractivity contribution in [1.29, 1.82) is 0 Å². The quantitative estimate of drug-likeness (QED) is 0.458. The number of carbonyl (C=O) groups excluding carboxylic acids is 1. The van der Waals surface area contributed by atoms with Gasteiger partial charge in [0, 0.05) is 25.6 Å². The lowest BCUT2D eigenvalue weighted by Crippen LogP contribution is -2.31. The maximum atomic E-state index is 11.2. The van der Waals surface area contributed by atoms with Gasteiger partial charge in [-0.2, -0.15) is 0 Å². The van der Waals surface area contributed by atoms with Crippen LogP contribution in [-0.4, -0.2) is 49.3 Å². The molecular formula is C10H18N2O4. The normalized spacial score (nSPS) is 14.8. The van der Waals surface area contributed by atoms with E-state index in [1.54, 1.807) is 0 Å². The lowest BCUT2D eigenvalue weighted by Gasteiger charge is -2.05. The van der Waals surface area contributed by atoms with Gasteiger partial charge in [-0.3, -0.25) is 4.79 Å². The van der Waals surface area contributed by atoms with E-state index in [0.717, 1.165) is 0 Å². The van der Waals surface area contributed by atoms with Crippen molar-refractivity contribution in [3.63, 3.8) is 0 Å². The highest BCUT2D eigenvalue weighted by Crippen LogP contribution is 2.18. The summed E-state index contributed by atoms with van der Waals surface area (Å²) in [6, 6.07) is 0.617. The van der Waals surface area contributed by atoms with Gasteiger partial charge in [-0.15, -0.1) is 0 Å². The number of aliphatic carboxylic acids is 1. The van der Waals surface area contributed by atoms with E-state index in [-0.39, 0.29) is 19.1 Å². The summed E-state index contributed by atoms with van der Waals surface area (Å²) in [4.78, 5) is 21.3. The third-order valence-corrected chi connectivity index (χ3v) is 2.16. The van der Waals surface area contributed by atoms with E-state index >= 15 is 0 Å². The summed E-state index contributed by atoms with van der Waals surface area (Å²) in [5.41, 5.74) is 0. The molecule has 1 amide bonds. The molecule has 92 valence electrons. The van der Waals surface area contributed by atoms with Crippen molar-refractivity contribution < 1.29 is 19.4 Å². The van der Waals surface area contributed by atoms with Crippen molar-refractivity contribution in [2.75, 3.05) is 26.3 Å². The second kappa shape index (κ2) is 7.19. The van der Waals surface area contributed by atoms with Gasteiger partial charge in [0.1, 0.15) is 6.61 Å². The SMILES string of the molecule is O=C(O)COCCNC(=O)CCNC1CC1. The molecule has 1 aliphatic carbocycles. The largest absolute Gasteiger partial charge is 0.480 e. The average molecular weight is 230 g/mol. The van der Waals surface area contributed by atoms with Crippen molar-refractivity contribution in [3.8, 4) is 0 Å². The van der Waals surface area contributed by atoms with E-state index in [2.05, 4.69) is 10.6 Å². The number of ether oxygens (including phenoxy) is 1. The Hall–Kier alpha value is -1.14. The number of amides is 1. The van der Waals surface area contributed by atoms with Crippen LogP contribution in [0.1, 0.15) is 19.3 Å². The molecule has 1 rings (SSSR count). The Kier molecular flexibility index (Phi) is 5.81. The van der Waals surface area contributed by atoms with Gasteiger partial charge in [0.25, 0.3) is 0 Å². The van der Waals surface area contributed by atoms with E-state index in [4.69, 9.17) is 9.84 Å². The van der Waals surface area contributed by atoms with Crippen LogP contribution in [0.15, 0.2) is 0 Å². The minimum absolute atomic E-state index is 0.0351. The van der Waals surface area contributed by atoms with Crippen molar-refractivity contribution in [3.05, 3.63) is 0 Å². The molecule has 0 atom stereocenters. The lowest BCUT2D eigenvalue weighted by atomic mass is 10.4. The summed E-state index contributed by atoms with van der Waals surface area (Å²) in [5, 5.41) is 14.2. The molecular weight excluding hydrogens is 212 g/mol. The number of hydrogen-bond acceptors (Lipinski definition) is 4. The van der Waals surface area contributed by atoms with E-state index in [9.17, 15) is 9.59 Å². The number of carboxylic acids is 1. The zero-order chi connectivity index (χ0) is 11.8. The first-order valence-corrected chi connectivity index (χ1v) is 5.48. The number of carbonyl (C=O) groups is 2. The minimum atomic E-state index is -1.00. The lowest BCUT2D eigenvalue weighted by molar-refractivity contribution is -0.142. The topological polar surface area (TPSA) is 87.7 Å². The Morgan fingerprint density at radius 2 is 2.06 bits per heavy atom. The van der Waals surface area contributed by atoms with Crippen LogP contribution in [0.25, 0.3) is 0 Å². The van der Waals surface area contributed by atoms with Crippen molar-refractivity contribution in [2.24, 2.45) is 0 Å². The molecule has 0 aliphatic heterocycles. The maximum absolute atomic E-state index is 11.2. The Bertz CT molecular complexity index is 241. The second-order valence-electron chi connectivity index (χ2n) is 3.77. The monoisotopic (exact) mass is 230 g/mol. The van der Waals surface area contributed by atoms with Gasteiger partial charge in [-0.05, 0) is 12.8 Å². The standard InChI is InChI=1S/C10H18N2O4/c13-9(3-4-11-8-1-2-8)12-5-6-16-7-10(14)15/h8,11H,1-7H2,(H,12,13)(H,14,15). The summed E-state index contributed by atoms with van der Waals surface area (Å²) < 4.78 is 4.77. The molecule has 0 aromatic carbocycles.